The van der Waals surface area contributed by atoms with Gasteiger partial charge in [0.15, 0.2) is 0 Å². The first kappa shape index (κ1) is 11.4. The molecule has 0 saturated carbocycles. The molecule has 0 atom stereocenters. The van der Waals surface area contributed by atoms with Crippen molar-refractivity contribution in [3.05, 3.63) is 26.2 Å². The van der Waals surface area contributed by atoms with Gasteiger partial charge in [0.25, 0.3) is 0 Å². The predicted molar refractivity (Wildman–Crippen MR) is 56.3 cm³/mol. The van der Waals surface area contributed by atoms with E-state index in [2.05, 4.69) is 0 Å². The smallest absolute Gasteiger partial charge is 0.423 e. The van der Waals surface area contributed by atoms with E-state index in [1.165, 1.54) is 6.07 Å². The van der Waals surface area contributed by atoms with Crippen LogP contribution < -0.4 is 5.46 Å². The Labute approximate surface area is 95.1 Å². The monoisotopic (exact) mass is 258 g/mol. The SMILES string of the molecule is OB(O)c1cc(Cl)c(Cl)c(Cl)c1Cl. The molecule has 0 bridgehead atoms. The quantitative estimate of drug-likeness (QED) is 0.460. The number of halogens is 4. The summed E-state index contributed by atoms with van der Waals surface area (Å²) in [4.78, 5) is 0. The highest BCUT2D eigenvalue weighted by molar-refractivity contribution is 6.65. The second kappa shape index (κ2) is 4.26. The first-order chi connectivity index (χ1) is 5.95. The van der Waals surface area contributed by atoms with Gasteiger partial charge in [-0.05, 0) is 6.07 Å². The molecular formula is C6H3BCl4O2. The van der Waals surface area contributed by atoms with Gasteiger partial charge in [-0.15, -0.1) is 0 Å². The molecule has 1 aromatic carbocycles. The first-order valence-electron chi connectivity index (χ1n) is 3.14. The molecule has 7 heteroatoms. The van der Waals surface area contributed by atoms with Gasteiger partial charge in [-0.1, -0.05) is 46.4 Å². The molecule has 0 fully saturated rings. The number of benzene rings is 1. The van der Waals surface area contributed by atoms with Gasteiger partial charge >= 0.3 is 7.12 Å². The Morgan fingerprint density at radius 2 is 1.46 bits per heavy atom. The van der Waals surface area contributed by atoms with Crippen molar-refractivity contribution in [2.24, 2.45) is 0 Å². The molecule has 0 aliphatic rings. The lowest BCUT2D eigenvalue weighted by Gasteiger charge is -2.07. The Hall–Kier alpha value is 0.365. The Morgan fingerprint density at radius 3 is 1.92 bits per heavy atom. The molecule has 0 spiro atoms. The molecule has 0 radical (unpaired) electrons. The molecule has 70 valence electrons. The third-order valence-corrected chi connectivity index (χ3v) is 3.17. The number of hydrogen-bond acceptors (Lipinski definition) is 2. The van der Waals surface area contributed by atoms with E-state index >= 15 is 0 Å². The van der Waals surface area contributed by atoms with Gasteiger partial charge < -0.3 is 10.0 Å². The van der Waals surface area contributed by atoms with Crippen molar-refractivity contribution in [1.29, 1.82) is 0 Å². The highest BCUT2D eigenvalue weighted by Crippen LogP contribution is 2.34. The summed E-state index contributed by atoms with van der Waals surface area (Å²) in [5.41, 5.74) is 0.0288. The maximum Gasteiger partial charge on any atom is 0.490 e. The van der Waals surface area contributed by atoms with Crippen LogP contribution in [0.1, 0.15) is 0 Å². The van der Waals surface area contributed by atoms with Crippen LogP contribution in [0.5, 0.6) is 0 Å². The average Bonchev–Trinajstić information content (AvgIpc) is 2.07. The number of hydrogen-bond donors (Lipinski definition) is 2. The van der Waals surface area contributed by atoms with Crippen LogP contribution in [-0.2, 0) is 0 Å². The zero-order valence-corrected chi connectivity index (χ0v) is 9.08. The minimum Gasteiger partial charge on any atom is -0.423 e. The predicted octanol–water partition coefficient (Wildman–Crippen LogP) is 1.98. The standard InChI is InChI=1S/C6H3BCl4O2/c8-3-1-2(7(12)13)4(9)6(11)5(3)10/h1,12-13H. The minimum atomic E-state index is -1.72. The lowest BCUT2D eigenvalue weighted by molar-refractivity contribution is 0.426. The van der Waals surface area contributed by atoms with Gasteiger partial charge in [-0.25, -0.2) is 0 Å². The summed E-state index contributed by atoms with van der Waals surface area (Å²) in [7, 11) is -1.72. The fourth-order valence-corrected chi connectivity index (χ4v) is 1.69. The molecule has 0 heterocycles. The molecule has 0 aliphatic carbocycles. The van der Waals surface area contributed by atoms with Gasteiger partial charge in [0.1, 0.15) is 0 Å². The summed E-state index contributed by atoms with van der Waals surface area (Å²) in [6.07, 6.45) is 0. The van der Waals surface area contributed by atoms with Crippen molar-refractivity contribution in [2.75, 3.05) is 0 Å². The van der Waals surface area contributed by atoms with Crippen molar-refractivity contribution in [2.45, 2.75) is 0 Å². The molecule has 1 aromatic rings. The van der Waals surface area contributed by atoms with Crippen LogP contribution in [0, 0.1) is 0 Å². The zero-order valence-electron chi connectivity index (χ0n) is 6.06. The fraction of sp³-hybridized carbons (Fsp3) is 0. The van der Waals surface area contributed by atoms with Crippen LogP contribution in [0.2, 0.25) is 20.1 Å². The summed E-state index contributed by atoms with van der Waals surface area (Å²) in [5, 5.41) is 17.9. The molecule has 13 heavy (non-hydrogen) atoms. The fourth-order valence-electron chi connectivity index (χ4n) is 0.779. The molecule has 0 unspecified atom stereocenters. The molecule has 0 aliphatic heterocycles. The molecule has 0 amide bonds. The molecular weight excluding hydrogens is 257 g/mol. The summed E-state index contributed by atoms with van der Waals surface area (Å²) in [5.74, 6) is 0. The van der Waals surface area contributed by atoms with E-state index in [0.717, 1.165) is 0 Å². The summed E-state index contributed by atoms with van der Waals surface area (Å²) in [6.45, 7) is 0. The van der Waals surface area contributed by atoms with Crippen molar-refractivity contribution >= 4 is 59.0 Å². The lowest BCUT2D eigenvalue weighted by atomic mass is 9.80. The zero-order chi connectivity index (χ0) is 10.2. The first-order valence-corrected chi connectivity index (χ1v) is 4.65. The lowest BCUT2D eigenvalue weighted by Crippen LogP contribution is -2.31. The highest BCUT2D eigenvalue weighted by atomic mass is 35.5. The van der Waals surface area contributed by atoms with E-state index < -0.39 is 7.12 Å². The van der Waals surface area contributed by atoms with Gasteiger partial charge in [0.2, 0.25) is 0 Å². The second-order valence-electron chi connectivity index (χ2n) is 2.26. The Bertz CT molecular complexity index is 342. The maximum absolute atomic E-state index is 8.86. The molecule has 0 saturated heterocycles. The van der Waals surface area contributed by atoms with Crippen LogP contribution in [0.3, 0.4) is 0 Å². The average molecular weight is 260 g/mol. The number of rotatable bonds is 1. The Balaban J connectivity index is 3.41. The third kappa shape index (κ3) is 2.24. The largest absolute Gasteiger partial charge is 0.490 e. The maximum atomic E-state index is 8.86. The molecule has 2 nitrogen and oxygen atoms in total. The van der Waals surface area contributed by atoms with Gasteiger partial charge in [0.05, 0.1) is 20.1 Å². The minimum absolute atomic E-state index is 0.00827. The van der Waals surface area contributed by atoms with Crippen LogP contribution in [0.4, 0.5) is 0 Å². The third-order valence-electron chi connectivity index (χ3n) is 1.41. The van der Waals surface area contributed by atoms with E-state index in [1.54, 1.807) is 0 Å². The normalized spacial score (nSPS) is 10.3. The van der Waals surface area contributed by atoms with Crippen molar-refractivity contribution in [3.8, 4) is 0 Å². The molecule has 0 aromatic heterocycles. The summed E-state index contributed by atoms with van der Waals surface area (Å²) >= 11 is 22.6. The summed E-state index contributed by atoms with van der Waals surface area (Å²) < 4.78 is 0. The Kier molecular flexibility index (Phi) is 3.75. The van der Waals surface area contributed by atoms with Gasteiger partial charge in [0, 0.05) is 5.46 Å². The van der Waals surface area contributed by atoms with Crippen molar-refractivity contribution < 1.29 is 10.0 Å². The van der Waals surface area contributed by atoms with Crippen LogP contribution >= 0.6 is 46.4 Å². The van der Waals surface area contributed by atoms with Crippen molar-refractivity contribution in [3.63, 3.8) is 0 Å². The van der Waals surface area contributed by atoms with Crippen molar-refractivity contribution in [1.82, 2.24) is 0 Å². The van der Waals surface area contributed by atoms with E-state index in [1.807, 2.05) is 0 Å². The van der Waals surface area contributed by atoms with E-state index in [9.17, 15) is 0 Å². The van der Waals surface area contributed by atoms with E-state index in [4.69, 9.17) is 56.5 Å². The summed E-state index contributed by atoms with van der Waals surface area (Å²) in [6, 6.07) is 1.25. The van der Waals surface area contributed by atoms with Gasteiger partial charge in [-0.3, -0.25) is 0 Å². The van der Waals surface area contributed by atoms with Crippen LogP contribution in [-0.4, -0.2) is 17.2 Å². The second-order valence-corrected chi connectivity index (χ2v) is 3.80. The Morgan fingerprint density at radius 1 is 0.923 bits per heavy atom. The molecule has 1 rings (SSSR count). The van der Waals surface area contributed by atoms with Gasteiger partial charge in [-0.2, -0.15) is 0 Å². The van der Waals surface area contributed by atoms with Crippen LogP contribution in [0.25, 0.3) is 0 Å². The highest BCUT2D eigenvalue weighted by Gasteiger charge is 2.20. The van der Waals surface area contributed by atoms with E-state index in [0.29, 0.717) is 0 Å². The topological polar surface area (TPSA) is 40.5 Å². The van der Waals surface area contributed by atoms with E-state index in [-0.39, 0.29) is 25.6 Å². The van der Waals surface area contributed by atoms with Crippen LogP contribution in [0.15, 0.2) is 6.07 Å². The molecule has 2 N–H and O–H groups in total.